The maximum atomic E-state index is 11.2. The minimum atomic E-state index is -0.881. The zero-order valence-electron chi connectivity index (χ0n) is 9.28. The largest absolute Gasteiger partial charge is 0.481 e. The Balaban J connectivity index is 2.70. The topological polar surface area (TPSA) is 95.1 Å². The molecule has 0 amide bonds. The molecule has 1 atom stereocenters. The van der Waals surface area contributed by atoms with Crippen molar-refractivity contribution in [3.05, 3.63) is 22.2 Å². The number of aryl methyl sites for hydroxylation is 1. The molecule has 0 aromatic carbocycles. The van der Waals surface area contributed by atoms with Gasteiger partial charge in [0.15, 0.2) is 0 Å². The molecule has 0 spiro atoms. The molecule has 1 aromatic rings. The minimum Gasteiger partial charge on any atom is -0.481 e. The van der Waals surface area contributed by atoms with Crippen molar-refractivity contribution in [3.8, 4) is 0 Å². The van der Waals surface area contributed by atoms with E-state index in [1.807, 2.05) is 6.92 Å². The van der Waals surface area contributed by atoms with Crippen LogP contribution in [0.3, 0.4) is 0 Å². The second-order valence-corrected chi connectivity index (χ2v) is 3.55. The van der Waals surface area contributed by atoms with Crippen molar-refractivity contribution in [3.63, 3.8) is 0 Å². The van der Waals surface area contributed by atoms with E-state index in [-0.39, 0.29) is 12.1 Å². The number of anilines is 1. The lowest BCUT2D eigenvalue weighted by molar-refractivity contribution is -0.140. The van der Waals surface area contributed by atoms with Crippen LogP contribution >= 0.6 is 0 Å². The molecule has 0 aliphatic heterocycles. The van der Waals surface area contributed by atoms with E-state index in [2.05, 4.69) is 15.3 Å². The Morgan fingerprint density at radius 2 is 2.38 bits per heavy atom. The summed E-state index contributed by atoms with van der Waals surface area (Å²) in [5.41, 5.74) is -0.239. The van der Waals surface area contributed by atoms with Gasteiger partial charge < -0.3 is 15.4 Å². The quantitative estimate of drug-likeness (QED) is 0.676. The Morgan fingerprint density at radius 3 is 2.94 bits per heavy atom. The molecule has 0 aliphatic carbocycles. The molecule has 0 saturated carbocycles. The Hall–Kier alpha value is -1.85. The molecule has 16 heavy (non-hydrogen) atoms. The van der Waals surface area contributed by atoms with Crippen molar-refractivity contribution in [1.82, 2.24) is 9.97 Å². The number of carboxylic acids is 1. The highest BCUT2D eigenvalue weighted by Gasteiger charge is 2.10. The van der Waals surface area contributed by atoms with E-state index in [9.17, 15) is 9.59 Å². The number of aromatic amines is 1. The predicted molar refractivity (Wildman–Crippen MR) is 59.5 cm³/mol. The summed E-state index contributed by atoms with van der Waals surface area (Å²) in [5, 5.41) is 11.5. The standard InChI is InChI=1S/C10H15N3O3/c1-3-7-12-8(4-9(14)13-7)11-5-6(2)10(15)16/h4,6H,3,5H2,1-2H3,(H,15,16)(H2,11,12,13,14). The minimum absolute atomic E-state index is 0.239. The summed E-state index contributed by atoms with van der Waals surface area (Å²) < 4.78 is 0. The summed E-state index contributed by atoms with van der Waals surface area (Å²) in [7, 11) is 0. The summed E-state index contributed by atoms with van der Waals surface area (Å²) in [6, 6.07) is 1.31. The van der Waals surface area contributed by atoms with E-state index in [4.69, 9.17) is 5.11 Å². The van der Waals surface area contributed by atoms with E-state index in [0.29, 0.717) is 18.1 Å². The average molecular weight is 225 g/mol. The summed E-state index contributed by atoms with van der Waals surface area (Å²) in [6.07, 6.45) is 0.624. The predicted octanol–water partition coefficient (Wildman–Crippen LogP) is 0.465. The summed E-state index contributed by atoms with van der Waals surface area (Å²) in [4.78, 5) is 28.5. The van der Waals surface area contributed by atoms with Crippen LogP contribution in [0.15, 0.2) is 10.9 Å². The molecule has 0 bridgehead atoms. The first kappa shape index (κ1) is 12.2. The van der Waals surface area contributed by atoms with Gasteiger partial charge in [-0.15, -0.1) is 0 Å². The lowest BCUT2D eigenvalue weighted by atomic mass is 10.2. The molecule has 0 fully saturated rings. The third-order valence-corrected chi connectivity index (χ3v) is 2.14. The number of hydrogen-bond donors (Lipinski definition) is 3. The van der Waals surface area contributed by atoms with E-state index in [0.717, 1.165) is 0 Å². The van der Waals surface area contributed by atoms with Crippen LogP contribution in [0.5, 0.6) is 0 Å². The van der Waals surface area contributed by atoms with E-state index < -0.39 is 11.9 Å². The molecule has 88 valence electrons. The number of aromatic nitrogens is 2. The van der Waals surface area contributed by atoms with Crippen molar-refractivity contribution in [2.45, 2.75) is 20.3 Å². The van der Waals surface area contributed by atoms with Gasteiger partial charge >= 0.3 is 5.97 Å². The highest BCUT2D eigenvalue weighted by molar-refractivity contribution is 5.70. The number of carboxylic acid groups (broad SMARTS) is 1. The third-order valence-electron chi connectivity index (χ3n) is 2.14. The van der Waals surface area contributed by atoms with Gasteiger partial charge in [0.1, 0.15) is 11.6 Å². The molecule has 0 saturated heterocycles. The number of nitrogens with zero attached hydrogens (tertiary/aromatic N) is 1. The first-order chi connectivity index (χ1) is 7.52. The second-order valence-electron chi connectivity index (χ2n) is 3.55. The van der Waals surface area contributed by atoms with Crippen LogP contribution in [-0.2, 0) is 11.2 Å². The summed E-state index contributed by atoms with van der Waals surface area (Å²) in [6.45, 7) is 3.71. The van der Waals surface area contributed by atoms with E-state index in [1.165, 1.54) is 6.07 Å². The molecule has 3 N–H and O–H groups in total. The normalized spacial score (nSPS) is 12.1. The van der Waals surface area contributed by atoms with Gasteiger partial charge in [0.2, 0.25) is 0 Å². The van der Waals surface area contributed by atoms with Crippen LogP contribution in [0.25, 0.3) is 0 Å². The van der Waals surface area contributed by atoms with E-state index in [1.54, 1.807) is 6.92 Å². The van der Waals surface area contributed by atoms with Crippen LogP contribution < -0.4 is 10.9 Å². The second kappa shape index (κ2) is 5.29. The molecular formula is C10H15N3O3. The highest BCUT2D eigenvalue weighted by Crippen LogP contribution is 2.02. The molecule has 1 heterocycles. The number of rotatable bonds is 5. The Bertz CT molecular complexity index is 428. The average Bonchev–Trinajstić information content (AvgIpc) is 2.24. The highest BCUT2D eigenvalue weighted by atomic mass is 16.4. The molecule has 6 heteroatoms. The number of carbonyl (C=O) groups is 1. The fraction of sp³-hybridized carbons (Fsp3) is 0.500. The number of aliphatic carboxylic acids is 1. The van der Waals surface area contributed by atoms with Crippen LogP contribution in [-0.4, -0.2) is 27.6 Å². The first-order valence-electron chi connectivity index (χ1n) is 5.09. The fourth-order valence-electron chi connectivity index (χ4n) is 1.11. The maximum Gasteiger partial charge on any atom is 0.308 e. The SMILES string of the molecule is CCc1nc(NCC(C)C(=O)O)cc(=O)[nH]1. The Labute approximate surface area is 92.7 Å². The van der Waals surface area contributed by atoms with Gasteiger partial charge in [-0.1, -0.05) is 13.8 Å². The molecule has 6 nitrogen and oxygen atoms in total. The lowest BCUT2D eigenvalue weighted by Gasteiger charge is -2.09. The molecule has 1 aromatic heterocycles. The van der Waals surface area contributed by atoms with E-state index >= 15 is 0 Å². The Morgan fingerprint density at radius 1 is 1.69 bits per heavy atom. The molecule has 0 aliphatic rings. The van der Waals surface area contributed by atoms with Crippen molar-refractivity contribution < 1.29 is 9.90 Å². The monoisotopic (exact) mass is 225 g/mol. The van der Waals surface area contributed by atoms with Gasteiger partial charge in [-0.2, -0.15) is 0 Å². The van der Waals surface area contributed by atoms with Crippen LogP contribution in [0.2, 0.25) is 0 Å². The molecule has 0 radical (unpaired) electrons. The fourth-order valence-corrected chi connectivity index (χ4v) is 1.11. The lowest BCUT2D eigenvalue weighted by Crippen LogP contribution is -2.21. The Kier molecular flexibility index (Phi) is 4.04. The van der Waals surface area contributed by atoms with Crippen molar-refractivity contribution >= 4 is 11.8 Å². The van der Waals surface area contributed by atoms with Gasteiger partial charge in [-0.25, -0.2) is 4.98 Å². The van der Waals surface area contributed by atoms with Gasteiger partial charge in [0.05, 0.1) is 5.92 Å². The smallest absolute Gasteiger partial charge is 0.308 e. The van der Waals surface area contributed by atoms with Crippen LogP contribution in [0.4, 0.5) is 5.82 Å². The van der Waals surface area contributed by atoms with Gasteiger partial charge in [0.25, 0.3) is 5.56 Å². The zero-order chi connectivity index (χ0) is 12.1. The number of H-pyrrole nitrogens is 1. The molecule has 1 unspecified atom stereocenters. The number of hydrogen-bond acceptors (Lipinski definition) is 4. The zero-order valence-corrected chi connectivity index (χ0v) is 9.28. The van der Waals surface area contributed by atoms with Gasteiger partial charge in [0, 0.05) is 19.0 Å². The summed E-state index contributed by atoms with van der Waals surface area (Å²) in [5.74, 6) is -0.411. The summed E-state index contributed by atoms with van der Waals surface area (Å²) >= 11 is 0. The number of nitrogens with one attached hydrogen (secondary N) is 2. The van der Waals surface area contributed by atoms with Crippen molar-refractivity contribution in [2.75, 3.05) is 11.9 Å². The molecular weight excluding hydrogens is 210 g/mol. The van der Waals surface area contributed by atoms with Gasteiger partial charge in [-0.05, 0) is 0 Å². The van der Waals surface area contributed by atoms with Crippen molar-refractivity contribution in [1.29, 1.82) is 0 Å². The van der Waals surface area contributed by atoms with Crippen LogP contribution in [0.1, 0.15) is 19.7 Å². The van der Waals surface area contributed by atoms with Gasteiger partial charge in [-0.3, -0.25) is 9.59 Å². The maximum absolute atomic E-state index is 11.2. The van der Waals surface area contributed by atoms with Crippen LogP contribution in [0, 0.1) is 5.92 Å². The molecule has 1 rings (SSSR count). The first-order valence-corrected chi connectivity index (χ1v) is 5.09. The third kappa shape index (κ3) is 3.38. The van der Waals surface area contributed by atoms with Crippen molar-refractivity contribution in [2.24, 2.45) is 5.92 Å².